The maximum Gasteiger partial charge on any atom is 0.227 e. The summed E-state index contributed by atoms with van der Waals surface area (Å²) in [5, 5.41) is 7.44. The van der Waals surface area contributed by atoms with Crippen molar-refractivity contribution in [2.75, 3.05) is 26.1 Å². The molecule has 8 nitrogen and oxygen atoms in total. The topological polar surface area (TPSA) is 91.2 Å². The van der Waals surface area contributed by atoms with E-state index in [1.54, 1.807) is 19.4 Å². The lowest BCUT2D eigenvalue weighted by atomic mass is 10.0. The van der Waals surface area contributed by atoms with Crippen LogP contribution in [0.3, 0.4) is 0 Å². The van der Waals surface area contributed by atoms with E-state index >= 15 is 0 Å². The summed E-state index contributed by atoms with van der Waals surface area (Å²) in [5.74, 6) is 1.12. The van der Waals surface area contributed by atoms with Crippen molar-refractivity contribution in [1.82, 2.24) is 19.7 Å². The number of nitrogens with zero attached hydrogens (tertiary/aromatic N) is 4. The Balaban J connectivity index is 1.61. The highest BCUT2D eigenvalue weighted by atomic mass is 16.5. The third-order valence-corrected chi connectivity index (χ3v) is 4.55. The van der Waals surface area contributed by atoms with Gasteiger partial charge in [0.1, 0.15) is 12.4 Å². The molecule has 158 valence electrons. The van der Waals surface area contributed by atoms with E-state index in [9.17, 15) is 4.79 Å². The minimum Gasteiger partial charge on any atom is -0.497 e. The van der Waals surface area contributed by atoms with E-state index in [0.717, 1.165) is 42.6 Å². The Bertz CT molecular complexity index is 969. The average molecular weight is 409 g/mol. The van der Waals surface area contributed by atoms with Gasteiger partial charge in [0.2, 0.25) is 5.95 Å². The zero-order chi connectivity index (χ0) is 21.3. The minimum atomic E-state index is -0.0707. The molecule has 0 fully saturated rings. The molecule has 0 unspecified atom stereocenters. The van der Waals surface area contributed by atoms with Gasteiger partial charge in [0.25, 0.3) is 0 Å². The summed E-state index contributed by atoms with van der Waals surface area (Å²) in [5.41, 5.74) is 3.47. The Labute approximate surface area is 176 Å². The van der Waals surface area contributed by atoms with Gasteiger partial charge >= 0.3 is 0 Å². The monoisotopic (exact) mass is 409 g/mol. The second kappa shape index (κ2) is 10.5. The normalized spacial score (nSPS) is 10.8. The smallest absolute Gasteiger partial charge is 0.227 e. The number of anilines is 2. The first-order chi connectivity index (χ1) is 14.6. The summed E-state index contributed by atoms with van der Waals surface area (Å²) >= 11 is 0. The molecule has 8 heteroatoms. The van der Waals surface area contributed by atoms with Crippen LogP contribution in [0.25, 0.3) is 0 Å². The predicted octanol–water partition coefficient (Wildman–Crippen LogP) is 3.45. The number of aryl methyl sites for hydroxylation is 3. The van der Waals surface area contributed by atoms with Crippen molar-refractivity contribution < 1.29 is 14.3 Å². The molecule has 3 aromatic rings. The number of carbonyl (C=O) groups is 1. The van der Waals surface area contributed by atoms with E-state index in [2.05, 4.69) is 27.3 Å². The van der Waals surface area contributed by atoms with Crippen LogP contribution in [0, 0.1) is 0 Å². The number of benzene rings is 1. The number of aromatic nitrogens is 4. The average Bonchev–Trinajstić information content (AvgIpc) is 3.20. The van der Waals surface area contributed by atoms with Gasteiger partial charge in [-0.05, 0) is 48.6 Å². The predicted molar refractivity (Wildman–Crippen MR) is 114 cm³/mol. The lowest BCUT2D eigenvalue weighted by molar-refractivity contribution is 0.0847. The van der Waals surface area contributed by atoms with Crippen molar-refractivity contribution >= 4 is 17.4 Å². The van der Waals surface area contributed by atoms with E-state index < -0.39 is 0 Å². The largest absolute Gasteiger partial charge is 0.497 e. The summed E-state index contributed by atoms with van der Waals surface area (Å²) < 4.78 is 12.2. The molecule has 30 heavy (non-hydrogen) atoms. The zero-order valence-electron chi connectivity index (χ0n) is 17.6. The Hall–Kier alpha value is -3.26. The summed E-state index contributed by atoms with van der Waals surface area (Å²) in [6.45, 7) is 3.04. The van der Waals surface area contributed by atoms with Crippen LogP contribution in [0.4, 0.5) is 11.6 Å². The molecule has 0 radical (unpaired) electrons. The van der Waals surface area contributed by atoms with Gasteiger partial charge in [0, 0.05) is 37.8 Å². The highest BCUT2D eigenvalue weighted by Gasteiger charge is 2.10. The molecular weight excluding hydrogens is 382 g/mol. The van der Waals surface area contributed by atoms with Gasteiger partial charge in [-0.1, -0.05) is 6.92 Å². The van der Waals surface area contributed by atoms with Crippen molar-refractivity contribution in [1.29, 1.82) is 0 Å². The van der Waals surface area contributed by atoms with E-state index in [-0.39, 0.29) is 12.4 Å². The zero-order valence-corrected chi connectivity index (χ0v) is 17.6. The molecule has 0 saturated carbocycles. The number of ketones is 1. The molecule has 2 heterocycles. The third-order valence-electron chi connectivity index (χ3n) is 4.55. The van der Waals surface area contributed by atoms with Crippen LogP contribution in [-0.2, 0) is 24.1 Å². The van der Waals surface area contributed by atoms with Gasteiger partial charge in [0.05, 0.1) is 19.0 Å². The summed E-state index contributed by atoms with van der Waals surface area (Å²) in [7, 11) is 3.10. The third kappa shape index (κ3) is 5.87. The molecule has 0 atom stereocenters. The minimum absolute atomic E-state index is 0.0479. The summed E-state index contributed by atoms with van der Waals surface area (Å²) in [6, 6.07) is 5.56. The molecule has 2 aromatic heterocycles. The van der Waals surface area contributed by atoms with Crippen molar-refractivity contribution in [3.8, 4) is 5.75 Å². The molecule has 0 aliphatic heterocycles. The lowest BCUT2D eigenvalue weighted by Crippen LogP contribution is -2.08. The van der Waals surface area contributed by atoms with Crippen molar-refractivity contribution in [2.45, 2.75) is 32.7 Å². The molecular formula is C22H27N5O3. The van der Waals surface area contributed by atoms with Crippen LogP contribution in [0.5, 0.6) is 5.75 Å². The van der Waals surface area contributed by atoms with Crippen LogP contribution in [0.2, 0.25) is 0 Å². The number of methoxy groups -OCH3 is 2. The maximum absolute atomic E-state index is 12.2. The maximum atomic E-state index is 12.2. The van der Waals surface area contributed by atoms with Gasteiger partial charge in [-0.3, -0.25) is 9.48 Å². The number of nitrogens with one attached hydrogen (secondary N) is 1. The highest BCUT2D eigenvalue weighted by Crippen LogP contribution is 2.19. The van der Waals surface area contributed by atoms with E-state index in [1.807, 2.05) is 35.4 Å². The number of rotatable bonds is 11. The van der Waals surface area contributed by atoms with Gasteiger partial charge in [-0.15, -0.1) is 0 Å². The second-order valence-corrected chi connectivity index (χ2v) is 6.96. The Morgan fingerprint density at radius 1 is 1.07 bits per heavy atom. The number of Topliss-reactive ketones (excluding diaryl/α,β-unsaturated/α-hetero) is 1. The SMILES string of the molecule is CCCn1cc(Nc2ncc(CCc3cc(OC)cc(C(=O)COC)c3)cn2)cn1. The van der Waals surface area contributed by atoms with Crippen LogP contribution < -0.4 is 10.1 Å². The first kappa shape index (κ1) is 21.4. The first-order valence-electron chi connectivity index (χ1n) is 9.91. The van der Waals surface area contributed by atoms with E-state index in [1.165, 1.54) is 7.11 Å². The van der Waals surface area contributed by atoms with Gasteiger partial charge in [-0.2, -0.15) is 5.10 Å². The number of hydrogen-bond acceptors (Lipinski definition) is 7. The van der Waals surface area contributed by atoms with Crippen LogP contribution in [-0.4, -0.2) is 46.4 Å². The quantitative estimate of drug-likeness (QED) is 0.485. The first-order valence-corrected chi connectivity index (χ1v) is 9.91. The molecule has 0 spiro atoms. The van der Waals surface area contributed by atoms with E-state index in [4.69, 9.17) is 9.47 Å². The van der Waals surface area contributed by atoms with Gasteiger partial charge in [0.15, 0.2) is 5.78 Å². The van der Waals surface area contributed by atoms with Gasteiger partial charge in [-0.25, -0.2) is 9.97 Å². The van der Waals surface area contributed by atoms with Crippen LogP contribution >= 0.6 is 0 Å². The number of ether oxygens (including phenoxy) is 2. The molecule has 0 saturated heterocycles. The molecule has 1 aromatic carbocycles. The molecule has 3 rings (SSSR count). The van der Waals surface area contributed by atoms with Crippen LogP contribution in [0.15, 0.2) is 43.0 Å². The van der Waals surface area contributed by atoms with Crippen molar-refractivity contribution in [2.24, 2.45) is 0 Å². The molecule has 0 aliphatic rings. The standard InChI is InChI=1S/C22H27N5O3/c1-4-7-27-14-19(13-25-27)26-22-23-11-17(12-24-22)6-5-16-8-18(21(28)15-29-2)10-20(9-16)30-3/h8-14H,4-7,15H2,1-3H3,(H,23,24,26). The van der Waals surface area contributed by atoms with Crippen LogP contribution in [0.1, 0.15) is 34.8 Å². The molecule has 0 amide bonds. The fraction of sp³-hybridized carbons (Fsp3) is 0.364. The Morgan fingerprint density at radius 3 is 2.53 bits per heavy atom. The van der Waals surface area contributed by atoms with Crippen molar-refractivity contribution in [3.63, 3.8) is 0 Å². The fourth-order valence-corrected chi connectivity index (χ4v) is 3.04. The molecule has 0 aliphatic carbocycles. The lowest BCUT2D eigenvalue weighted by Gasteiger charge is -2.09. The second-order valence-electron chi connectivity index (χ2n) is 6.96. The highest BCUT2D eigenvalue weighted by molar-refractivity contribution is 5.97. The summed E-state index contributed by atoms with van der Waals surface area (Å²) in [6.07, 6.45) is 9.84. The number of carbonyl (C=O) groups excluding carboxylic acids is 1. The number of hydrogen-bond donors (Lipinski definition) is 1. The van der Waals surface area contributed by atoms with E-state index in [0.29, 0.717) is 17.3 Å². The molecule has 0 bridgehead atoms. The Kier molecular flexibility index (Phi) is 7.51. The van der Waals surface area contributed by atoms with Crippen molar-refractivity contribution in [3.05, 3.63) is 59.7 Å². The molecule has 1 N–H and O–H groups in total. The van der Waals surface area contributed by atoms with Gasteiger partial charge < -0.3 is 14.8 Å². The Morgan fingerprint density at radius 2 is 1.83 bits per heavy atom. The summed E-state index contributed by atoms with van der Waals surface area (Å²) in [4.78, 5) is 20.9. The fourth-order valence-electron chi connectivity index (χ4n) is 3.04.